The summed E-state index contributed by atoms with van der Waals surface area (Å²) in [5, 5.41) is 5.08. The number of amides is 1. The molecule has 0 atom stereocenters. The number of guanidine groups is 1. The van der Waals surface area contributed by atoms with Crippen LogP contribution in [0.3, 0.4) is 0 Å². The van der Waals surface area contributed by atoms with Gasteiger partial charge in [-0.25, -0.2) is 9.78 Å². The molecule has 0 saturated heterocycles. The molecule has 0 saturated carbocycles. The van der Waals surface area contributed by atoms with Crippen LogP contribution in [0.5, 0.6) is 0 Å². The van der Waals surface area contributed by atoms with Crippen LogP contribution in [0.15, 0.2) is 22.5 Å². The molecule has 1 amide bonds. The van der Waals surface area contributed by atoms with Crippen LogP contribution in [0, 0.1) is 0 Å². The number of carbonyl (C=O) groups excluding carboxylic acids is 1. The van der Waals surface area contributed by atoms with Crippen molar-refractivity contribution in [1.29, 1.82) is 0 Å². The topological polar surface area (TPSA) is 116 Å². The third-order valence-corrected chi connectivity index (χ3v) is 4.36. The maximum atomic E-state index is 10.9. The fourth-order valence-electron chi connectivity index (χ4n) is 1.55. The Hall–Kier alpha value is -2.13. The van der Waals surface area contributed by atoms with Gasteiger partial charge in [-0.15, -0.1) is 22.7 Å². The molecule has 0 aliphatic heterocycles. The van der Waals surface area contributed by atoms with Gasteiger partial charge in [-0.2, -0.15) is 4.99 Å². The molecule has 0 unspecified atom stereocenters. The molecule has 0 fully saturated rings. The van der Waals surface area contributed by atoms with Crippen LogP contribution in [0.25, 0.3) is 10.6 Å². The van der Waals surface area contributed by atoms with Crippen LogP contribution in [-0.4, -0.2) is 30.7 Å². The summed E-state index contributed by atoms with van der Waals surface area (Å²) >= 11 is 3.00. The number of hydrogen-bond donors (Lipinski definition) is 3. The lowest BCUT2D eigenvalue weighted by atomic mass is 10.3. The summed E-state index contributed by atoms with van der Waals surface area (Å²) in [5.41, 5.74) is 11.5. The summed E-state index contributed by atoms with van der Waals surface area (Å²) in [7, 11) is 1.34. The minimum Gasteiger partial charge on any atom is -0.453 e. The minimum atomic E-state index is -0.423. The molecule has 2 heterocycles. The maximum absolute atomic E-state index is 10.9. The Morgan fingerprint density at radius 3 is 3.00 bits per heavy atom. The van der Waals surface area contributed by atoms with Gasteiger partial charge in [0.25, 0.3) is 0 Å². The lowest BCUT2D eigenvalue weighted by Gasteiger charge is -2.01. The predicted molar refractivity (Wildman–Crippen MR) is 85.0 cm³/mol. The summed E-state index contributed by atoms with van der Waals surface area (Å²) in [6, 6.07) is 4.00. The Kier molecular flexibility index (Phi) is 5.12. The van der Waals surface area contributed by atoms with Gasteiger partial charge in [0.1, 0.15) is 0 Å². The molecule has 0 aromatic carbocycles. The number of nitrogens with zero attached hydrogens (tertiary/aromatic N) is 2. The van der Waals surface area contributed by atoms with E-state index in [1.54, 1.807) is 11.3 Å². The SMILES string of the molecule is COC(=O)NCCc1ccc(-c2csc(N=C(N)N)n2)s1. The van der Waals surface area contributed by atoms with E-state index in [0.717, 1.165) is 21.9 Å². The summed E-state index contributed by atoms with van der Waals surface area (Å²) in [6.07, 6.45) is 0.318. The van der Waals surface area contributed by atoms with Gasteiger partial charge >= 0.3 is 6.09 Å². The van der Waals surface area contributed by atoms with Crippen molar-refractivity contribution in [3.63, 3.8) is 0 Å². The number of alkyl carbamates (subject to hydrolysis) is 1. The standard InChI is InChI=1S/C12H15N5O2S2/c1-19-12(18)15-5-4-7-2-3-9(21-7)8-6-20-11(16-8)17-10(13)14/h2-3,6H,4-5H2,1H3,(H,15,18)(H4,13,14,16,17). The van der Waals surface area contributed by atoms with Gasteiger partial charge in [0.2, 0.25) is 5.13 Å². The average molecular weight is 325 g/mol. The molecule has 0 aliphatic rings. The number of aliphatic imine (C=N–C) groups is 1. The van der Waals surface area contributed by atoms with Crippen LogP contribution in [-0.2, 0) is 11.2 Å². The van der Waals surface area contributed by atoms with E-state index in [1.165, 1.54) is 18.4 Å². The van der Waals surface area contributed by atoms with Crippen molar-refractivity contribution in [2.75, 3.05) is 13.7 Å². The summed E-state index contributed by atoms with van der Waals surface area (Å²) in [6.45, 7) is 0.531. The van der Waals surface area contributed by atoms with Crippen molar-refractivity contribution in [1.82, 2.24) is 10.3 Å². The zero-order valence-corrected chi connectivity index (χ0v) is 13.0. The van der Waals surface area contributed by atoms with Crippen molar-refractivity contribution in [2.24, 2.45) is 16.5 Å². The van der Waals surface area contributed by atoms with Crippen molar-refractivity contribution < 1.29 is 9.53 Å². The number of carbonyl (C=O) groups is 1. The third kappa shape index (κ3) is 4.43. The number of methoxy groups -OCH3 is 1. The molecule has 112 valence electrons. The monoisotopic (exact) mass is 325 g/mol. The van der Waals surface area contributed by atoms with E-state index in [9.17, 15) is 4.79 Å². The van der Waals surface area contributed by atoms with E-state index in [2.05, 4.69) is 20.0 Å². The van der Waals surface area contributed by atoms with E-state index < -0.39 is 6.09 Å². The van der Waals surface area contributed by atoms with Crippen molar-refractivity contribution in [2.45, 2.75) is 6.42 Å². The van der Waals surface area contributed by atoms with Crippen molar-refractivity contribution in [3.8, 4) is 10.6 Å². The Morgan fingerprint density at radius 1 is 1.48 bits per heavy atom. The highest BCUT2D eigenvalue weighted by molar-refractivity contribution is 7.16. The van der Waals surface area contributed by atoms with Gasteiger partial charge in [-0.05, 0) is 18.6 Å². The number of hydrogen-bond acceptors (Lipinski definition) is 6. The number of rotatable bonds is 5. The summed E-state index contributed by atoms with van der Waals surface area (Å²) < 4.78 is 4.51. The van der Waals surface area contributed by atoms with Crippen molar-refractivity contribution >= 4 is 39.9 Å². The lowest BCUT2D eigenvalue weighted by molar-refractivity contribution is 0.171. The molecule has 7 nitrogen and oxygen atoms in total. The summed E-state index contributed by atoms with van der Waals surface area (Å²) in [4.78, 5) is 21.4. The predicted octanol–water partition coefficient (Wildman–Crippen LogP) is 1.68. The Balaban J connectivity index is 1.98. The van der Waals surface area contributed by atoms with Crippen LogP contribution >= 0.6 is 22.7 Å². The highest BCUT2D eigenvalue weighted by atomic mass is 32.1. The van der Waals surface area contributed by atoms with E-state index in [0.29, 0.717) is 11.7 Å². The molecule has 0 radical (unpaired) electrons. The molecule has 2 aromatic rings. The summed E-state index contributed by atoms with van der Waals surface area (Å²) in [5.74, 6) is -0.00310. The van der Waals surface area contributed by atoms with Crippen LogP contribution < -0.4 is 16.8 Å². The van der Waals surface area contributed by atoms with Gasteiger partial charge < -0.3 is 21.5 Å². The first-order chi connectivity index (χ1) is 10.1. The molecule has 0 aliphatic carbocycles. The maximum Gasteiger partial charge on any atom is 0.406 e. The number of nitrogens with two attached hydrogens (primary N) is 2. The second kappa shape index (κ2) is 7.04. The molecule has 2 aromatic heterocycles. The molecule has 5 N–H and O–H groups in total. The first-order valence-electron chi connectivity index (χ1n) is 6.04. The second-order valence-electron chi connectivity index (χ2n) is 3.99. The van der Waals surface area contributed by atoms with E-state index in [-0.39, 0.29) is 5.96 Å². The smallest absolute Gasteiger partial charge is 0.406 e. The van der Waals surface area contributed by atoms with E-state index >= 15 is 0 Å². The number of ether oxygens (including phenoxy) is 1. The quantitative estimate of drug-likeness (QED) is 0.571. The van der Waals surface area contributed by atoms with Gasteiger partial charge in [-0.3, -0.25) is 0 Å². The third-order valence-electron chi connectivity index (χ3n) is 2.46. The van der Waals surface area contributed by atoms with Gasteiger partial charge in [0.05, 0.1) is 17.7 Å². The lowest BCUT2D eigenvalue weighted by Crippen LogP contribution is -2.24. The van der Waals surface area contributed by atoms with E-state index in [1.807, 2.05) is 17.5 Å². The molecule has 0 spiro atoms. The van der Waals surface area contributed by atoms with Crippen molar-refractivity contribution in [3.05, 3.63) is 22.4 Å². The van der Waals surface area contributed by atoms with E-state index in [4.69, 9.17) is 11.5 Å². The first kappa shape index (κ1) is 15.3. The minimum absolute atomic E-state index is 0.00310. The van der Waals surface area contributed by atoms with Crippen LogP contribution in [0.1, 0.15) is 4.88 Å². The molecule has 9 heteroatoms. The highest BCUT2D eigenvalue weighted by Gasteiger charge is 2.08. The number of aromatic nitrogens is 1. The molecule has 21 heavy (non-hydrogen) atoms. The molecule has 2 rings (SSSR count). The average Bonchev–Trinajstić information content (AvgIpc) is 3.07. The number of thiazole rings is 1. The molecular formula is C12H15N5O2S2. The Bertz CT molecular complexity index is 646. The largest absolute Gasteiger partial charge is 0.453 e. The fraction of sp³-hybridized carbons (Fsp3) is 0.250. The molecular weight excluding hydrogens is 310 g/mol. The Morgan fingerprint density at radius 2 is 2.29 bits per heavy atom. The van der Waals surface area contributed by atoms with Gasteiger partial charge in [0, 0.05) is 16.8 Å². The first-order valence-corrected chi connectivity index (χ1v) is 7.74. The van der Waals surface area contributed by atoms with Gasteiger partial charge in [-0.1, -0.05) is 0 Å². The second-order valence-corrected chi connectivity index (χ2v) is 5.99. The zero-order valence-electron chi connectivity index (χ0n) is 11.3. The molecule has 0 bridgehead atoms. The highest BCUT2D eigenvalue weighted by Crippen LogP contribution is 2.31. The van der Waals surface area contributed by atoms with Gasteiger partial charge in [0.15, 0.2) is 5.96 Å². The number of nitrogens with one attached hydrogen (secondary N) is 1. The number of thiophene rings is 1. The van der Waals surface area contributed by atoms with Crippen LogP contribution in [0.4, 0.5) is 9.93 Å². The normalized spacial score (nSPS) is 10.1. The Labute approximate surface area is 129 Å². The zero-order chi connectivity index (χ0) is 15.2. The fourth-order valence-corrected chi connectivity index (χ4v) is 3.30. The van der Waals surface area contributed by atoms with Crippen LogP contribution in [0.2, 0.25) is 0 Å².